The molecule has 3 aromatic rings. The van der Waals surface area contributed by atoms with Crippen LogP contribution in [0.2, 0.25) is 0 Å². The molecule has 4 rings (SSSR count). The molecule has 24 heteroatoms. The molecule has 6 atom stereocenters. The highest BCUT2D eigenvalue weighted by Gasteiger charge is 2.63. The van der Waals surface area contributed by atoms with E-state index >= 15 is 0 Å². The number of fused-ring (bicyclic) bond motifs is 1. The van der Waals surface area contributed by atoms with Gasteiger partial charge in [-0.25, -0.2) is 38.2 Å². The van der Waals surface area contributed by atoms with E-state index in [0.29, 0.717) is 0 Å². The molecule has 0 saturated carbocycles. The molecule has 1 saturated heterocycles. The molecule has 0 aliphatic carbocycles. The number of aliphatic carboxylic acids is 2. The number of aliphatic imine (C=N–C) groups is 1. The van der Waals surface area contributed by atoms with Gasteiger partial charge in [-0.3, -0.25) is 9.32 Å². The lowest BCUT2D eigenvalue weighted by Crippen LogP contribution is -2.47. The third-order valence-corrected chi connectivity index (χ3v) is 10.6. The van der Waals surface area contributed by atoms with Crippen molar-refractivity contribution in [2.24, 2.45) is 10.9 Å². The number of carbonyl (C=O) groups is 5. The van der Waals surface area contributed by atoms with Gasteiger partial charge in [0.15, 0.2) is 18.0 Å². The van der Waals surface area contributed by atoms with Gasteiger partial charge in [0.1, 0.15) is 62.2 Å². The number of nitrogens with one attached hydrogen (secondary N) is 1. The maximum atomic E-state index is 14.6. The zero-order valence-corrected chi connectivity index (χ0v) is 35.4. The van der Waals surface area contributed by atoms with Crippen molar-refractivity contribution in [2.75, 3.05) is 53.7 Å². The normalized spacial score (nSPS) is 20.0. The van der Waals surface area contributed by atoms with E-state index < -0.39 is 101 Å². The lowest BCUT2D eigenvalue weighted by molar-refractivity contribution is -0.175. The zero-order valence-electron chi connectivity index (χ0n) is 34.5. The number of carboxylic acid groups (broad SMARTS) is 2. The number of benzene rings is 1. The molecule has 0 spiro atoms. The average molecular weight is 890 g/mol. The number of carboxylic acids is 2. The van der Waals surface area contributed by atoms with Crippen LogP contribution in [-0.2, 0) is 67.1 Å². The molecule has 62 heavy (non-hydrogen) atoms. The smallest absolute Gasteiger partial charge is 0.459 e. The summed E-state index contributed by atoms with van der Waals surface area (Å²) in [5.41, 5.74) is -2.36. The van der Waals surface area contributed by atoms with Crippen LogP contribution in [0.15, 0.2) is 53.8 Å². The van der Waals surface area contributed by atoms with Gasteiger partial charge < -0.3 is 48.1 Å². The number of nitriles is 1. The molecule has 0 bridgehead atoms. The van der Waals surface area contributed by atoms with E-state index in [2.05, 4.69) is 20.2 Å². The molecule has 0 amide bonds. The number of aromatic nitrogens is 3. The molecule has 0 unspecified atom stereocenters. The number of ether oxygens (including phenoxy) is 6. The van der Waals surface area contributed by atoms with Crippen molar-refractivity contribution >= 4 is 55.3 Å². The highest BCUT2D eigenvalue weighted by molar-refractivity contribution is 7.52. The first kappa shape index (κ1) is 48.6. The highest BCUT2D eigenvalue weighted by Crippen LogP contribution is 2.48. The summed E-state index contributed by atoms with van der Waals surface area (Å²) in [6.45, 7) is 0.788. The van der Waals surface area contributed by atoms with Crippen LogP contribution >= 0.6 is 7.75 Å². The van der Waals surface area contributed by atoms with Crippen LogP contribution in [0.1, 0.15) is 39.3 Å². The van der Waals surface area contributed by atoms with E-state index in [1.807, 2.05) is 19.9 Å². The van der Waals surface area contributed by atoms with Crippen LogP contribution in [-0.4, -0.2) is 144 Å². The Balaban J connectivity index is 1.80. The SMILES string of the molecule is CCC(CC)COC(=O)[C@H](C)N[P@](=O)(OC[C@H]1O[C@@](C#N)(c2ccc3c(N=CN(C)C)ncnn23)[C@H](OC(=O)COCC(=O)O)[C@@H]1OC(=O)COCC(=O)O)Oc1ccccc1. The van der Waals surface area contributed by atoms with Crippen LogP contribution in [0, 0.1) is 17.2 Å². The molecular formula is C38H48N7O16P. The summed E-state index contributed by atoms with van der Waals surface area (Å²) in [5.74, 6) is -5.80. The molecule has 0 radical (unpaired) electrons. The number of esters is 3. The van der Waals surface area contributed by atoms with Crippen molar-refractivity contribution in [3.05, 3.63) is 54.5 Å². The number of carbonyl (C=O) groups excluding carboxylic acids is 3. The number of rotatable bonds is 25. The monoisotopic (exact) mass is 889 g/mol. The van der Waals surface area contributed by atoms with Crippen LogP contribution in [0.3, 0.4) is 0 Å². The molecule has 3 N–H and O–H groups in total. The van der Waals surface area contributed by atoms with E-state index in [9.17, 15) is 33.8 Å². The van der Waals surface area contributed by atoms with Crippen LogP contribution < -0.4 is 9.61 Å². The Bertz CT molecular complexity index is 2140. The Kier molecular flexibility index (Phi) is 17.8. The minimum absolute atomic E-state index is 0.0402. The van der Waals surface area contributed by atoms with Gasteiger partial charge in [0, 0.05) is 14.1 Å². The van der Waals surface area contributed by atoms with Crippen LogP contribution in [0.25, 0.3) is 5.52 Å². The Morgan fingerprint density at radius 3 is 2.26 bits per heavy atom. The van der Waals surface area contributed by atoms with Gasteiger partial charge in [0.25, 0.3) is 0 Å². The Morgan fingerprint density at radius 1 is 1.02 bits per heavy atom. The van der Waals surface area contributed by atoms with Gasteiger partial charge in [-0.2, -0.15) is 15.4 Å². The second kappa shape index (κ2) is 22.7. The van der Waals surface area contributed by atoms with Gasteiger partial charge in [0.05, 0.1) is 25.2 Å². The lowest BCUT2D eigenvalue weighted by atomic mass is 9.92. The predicted molar refractivity (Wildman–Crippen MR) is 212 cm³/mol. The summed E-state index contributed by atoms with van der Waals surface area (Å²) in [5, 5.41) is 35.9. The summed E-state index contributed by atoms with van der Waals surface area (Å²) in [6.07, 6.45) is -1.44. The summed E-state index contributed by atoms with van der Waals surface area (Å²) >= 11 is 0. The first-order valence-corrected chi connectivity index (χ1v) is 20.6. The highest BCUT2D eigenvalue weighted by atomic mass is 31.2. The maximum Gasteiger partial charge on any atom is 0.459 e. The standard InChI is InChI=1S/C38H48N7O16P/c1-6-25(7-2)15-56-37(52)24(3)43-62(53,61-26-11-9-8-10-12-26)57-16-28-34(58-32(50)19-54-17-30(46)47)35(59-33(51)20-55-18-31(48)49)38(21-39,60-28)29-14-13-27-36(41-23-44(4)5)40-22-42-45(27)29/h8-14,22-25,28,34-35H,6-7,15-20H2,1-5H3,(H,43,53)(H,46,47)(H,48,49)/t24-,28+,34+,35+,38-,62-/m0/s1. The fourth-order valence-corrected chi connectivity index (χ4v) is 7.37. The van der Waals surface area contributed by atoms with Gasteiger partial charge >= 0.3 is 37.6 Å². The fourth-order valence-electron chi connectivity index (χ4n) is 5.87. The van der Waals surface area contributed by atoms with Crippen LogP contribution in [0.4, 0.5) is 5.82 Å². The van der Waals surface area contributed by atoms with Gasteiger partial charge in [0.2, 0.25) is 5.60 Å². The molecule has 1 fully saturated rings. The van der Waals surface area contributed by atoms with Gasteiger partial charge in [-0.1, -0.05) is 44.9 Å². The van der Waals surface area contributed by atoms with Crippen molar-refractivity contribution < 1.29 is 76.2 Å². The fraction of sp³-hybridized carbons (Fsp3) is 0.500. The Labute approximate surface area is 355 Å². The minimum atomic E-state index is -4.67. The molecule has 1 aromatic carbocycles. The van der Waals surface area contributed by atoms with Crippen molar-refractivity contribution in [1.29, 1.82) is 5.26 Å². The van der Waals surface area contributed by atoms with Gasteiger partial charge in [-0.05, 0) is 37.1 Å². The lowest BCUT2D eigenvalue weighted by Gasteiger charge is -2.28. The molecule has 2 aromatic heterocycles. The van der Waals surface area contributed by atoms with Crippen molar-refractivity contribution in [3.63, 3.8) is 0 Å². The quantitative estimate of drug-likeness (QED) is 0.0361. The Morgan fingerprint density at radius 2 is 1.66 bits per heavy atom. The third-order valence-electron chi connectivity index (χ3n) is 8.91. The van der Waals surface area contributed by atoms with Crippen molar-refractivity contribution in [2.45, 2.75) is 63.6 Å². The zero-order chi connectivity index (χ0) is 45.5. The second-order valence-electron chi connectivity index (χ2n) is 13.8. The molecule has 1 aliphatic heterocycles. The average Bonchev–Trinajstić information content (AvgIpc) is 3.79. The summed E-state index contributed by atoms with van der Waals surface area (Å²) in [6, 6.07) is 11.3. The predicted octanol–water partition coefficient (Wildman–Crippen LogP) is 2.26. The molecule has 1 aliphatic rings. The van der Waals surface area contributed by atoms with E-state index in [4.69, 9.17) is 47.7 Å². The summed E-state index contributed by atoms with van der Waals surface area (Å²) in [4.78, 5) is 72.0. The summed E-state index contributed by atoms with van der Waals surface area (Å²) in [7, 11) is -1.23. The minimum Gasteiger partial charge on any atom is -0.480 e. The first-order chi connectivity index (χ1) is 29.5. The van der Waals surface area contributed by atoms with Crippen molar-refractivity contribution in [3.8, 4) is 11.8 Å². The third kappa shape index (κ3) is 13.2. The Hall–Kier alpha value is -6.02. The topological polar surface area (TPSA) is 298 Å². The van der Waals surface area contributed by atoms with E-state index in [-0.39, 0.29) is 35.3 Å². The number of hydrogen-bond donors (Lipinski definition) is 3. The van der Waals surface area contributed by atoms with Crippen LogP contribution in [0.5, 0.6) is 5.75 Å². The largest absolute Gasteiger partial charge is 0.480 e. The molecule has 336 valence electrons. The van der Waals surface area contributed by atoms with Crippen molar-refractivity contribution in [1.82, 2.24) is 24.6 Å². The first-order valence-electron chi connectivity index (χ1n) is 19.1. The number of hydrogen-bond acceptors (Lipinski definition) is 18. The van der Waals surface area contributed by atoms with E-state index in [0.717, 1.165) is 19.2 Å². The molecule has 23 nitrogen and oxygen atoms in total. The van der Waals surface area contributed by atoms with E-state index in [1.165, 1.54) is 42.0 Å². The number of nitrogens with zero attached hydrogens (tertiary/aromatic N) is 6. The summed E-state index contributed by atoms with van der Waals surface area (Å²) < 4.78 is 60.5. The second-order valence-corrected chi connectivity index (χ2v) is 15.5. The number of para-hydroxylation sites is 1. The molecular weight excluding hydrogens is 841 g/mol. The van der Waals surface area contributed by atoms with Gasteiger partial charge in [-0.15, -0.1) is 0 Å². The van der Waals surface area contributed by atoms with E-state index in [1.54, 1.807) is 37.2 Å². The maximum absolute atomic E-state index is 14.6. The molecule has 3 heterocycles.